The van der Waals surface area contributed by atoms with Crippen LogP contribution in [0, 0.1) is 17.8 Å². The number of nitrogens with zero attached hydrogens (tertiary/aromatic N) is 1. The second kappa shape index (κ2) is 18.9. The average molecular weight is 673 g/mol. The summed E-state index contributed by atoms with van der Waals surface area (Å²) < 4.78 is 25.7. The maximum absolute atomic E-state index is 13.3. The van der Waals surface area contributed by atoms with Crippen molar-refractivity contribution in [1.82, 2.24) is 25.8 Å². The summed E-state index contributed by atoms with van der Waals surface area (Å²) in [5.41, 5.74) is 0. The van der Waals surface area contributed by atoms with E-state index in [1.54, 1.807) is 0 Å². The zero-order valence-electron chi connectivity index (χ0n) is 23.8. The van der Waals surface area contributed by atoms with E-state index < -0.39 is 34.5 Å². The van der Waals surface area contributed by atoms with Crippen LogP contribution in [-0.2, 0) is 24.4 Å². The number of carbonyl (C=O) groups is 3. The van der Waals surface area contributed by atoms with Gasteiger partial charge >= 0.3 is 5.97 Å². The monoisotopic (exact) mass is 671 g/mol. The van der Waals surface area contributed by atoms with Gasteiger partial charge in [-0.1, -0.05) is 11.6 Å². The maximum Gasteiger partial charge on any atom is 0.327 e. The highest BCUT2D eigenvalue weighted by molar-refractivity contribution is 7.89. The van der Waals surface area contributed by atoms with Crippen LogP contribution >= 0.6 is 36.4 Å². The van der Waals surface area contributed by atoms with Gasteiger partial charge in [-0.3, -0.25) is 9.59 Å². The number of aliphatic carboxylic acids is 1. The molecule has 1 aromatic carbocycles. The lowest BCUT2D eigenvalue weighted by atomic mass is 9.84. The molecule has 5 N–H and O–H groups in total. The normalized spacial score (nSPS) is 17.0. The van der Waals surface area contributed by atoms with E-state index in [9.17, 15) is 27.9 Å². The fourth-order valence-corrected chi connectivity index (χ4v) is 6.51. The number of hydrogen-bond donors (Lipinski definition) is 5. The van der Waals surface area contributed by atoms with Crippen molar-refractivity contribution in [3.05, 3.63) is 29.3 Å². The Morgan fingerprint density at radius 2 is 1.43 bits per heavy atom. The number of carboxylic acids is 1. The molecule has 11 nitrogen and oxygen atoms in total. The molecule has 0 bridgehead atoms. The molecule has 15 heteroatoms. The zero-order valence-corrected chi connectivity index (χ0v) is 27.1. The van der Waals surface area contributed by atoms with Crippen molar-refractivity contribution in [1.29, 1.82) is 0 Å². The van der Waals surface area contributed by atoms with Crippen LogP contribution in [0.3, 0.4) is 0 Å². The first kappa shape index (κ1) is 38.4. The van der Waals surface area contributed by atoms with Crippen LogP contribution in [0.4, 0.5) is 0 Å². The predicted octanol–water partition coefficient (Wildman–Crippen LogP) is 2.97. The number of carboxylic acid groups (broad SMARTS) is 1. The minimum atomic E-state index is -4.29. The van der Waals surface area contributed by atoms with Crippen LogP contribution < -0.4 is 20.8 Å². The largest absolute Gasteiger partial charge is 0.480 e. The lowest BCUT2D eigenvalue weighted by molar-refractivity contribution is -0.150. The van der Waals surface area contributed by atoms with E-state index in [1.807, 2.05) is 0 Å². The second-order valence-electron chi connectivity index (χ2n) is 10.8. The molecule has 3 rings (SSSR count). The van der Waals surface area contributed by atoms with E-state index in [2.05, 4.69) is 20.8 Å². The van der Waals surface area contributed by atoms with E-state index in [-0.39, 0.29) is 41.5 Å². The third-order valence-electron chi connectivity index (χ3n) is 7.90. The van der Waals surface area contributed by atoms with E-state index in [4.69, 9.17) is 11.6 Å². The number of nitrogens with one attached hydrogen (secondary N) is 4. The van der Waals surface area contributed by atoms with E-state index in [1.165, 1.54) is 31.2 Å². The predicted molar refractivity (Wildman–Crippen MR) is 166 cm³/mol. The highest BCUT2D eigenvalue weighted by atomic mass is 35.5. The standard InChI is InChI=1S/C27H42ClN5O6S.2ClH/c1-19(27(36)37)33(32-40(38,39)24-8-6-23(28)7-9-24)25(34)18-31-26(35)22(4-2-20-10-14-29-15-11-20)5-3-21-12-16-30-17-13-21;;/h6-9,19-22,29-30,32H,2-5,10-18H2,1H3,(H,31,35)(H,36,37);2*1H. The summed E-state index contributed by atoms with van der Waals surface area (Å²) in [6, 6.07) is 3.72. The first-order valence-corrected chi connectivity index (χ1v) is 15.9. The fourth-order valence-electron chi connectivity index (χ4n) is 5.27. The third kappa shape index (κ3) is 12.1. The minimum absolute atomic E-state index is 0. The first-order valence-electron chi connectivity index (χ1n) is 14.1. The summed E-state index contributed by atoms with van der Waals surface area (Å²) in [6.07, 6.45) is 7.62. The Kier molecular flexibility index (Phi) is 17.2. The SMILES string of the molecule is CC(C(=O)O)N(NS(=O)(=O)c1ccc(Cl)cc1)C(=O)CNC(=O)C(CCC1CCNCC1)CCC1CCNCC1.Cl.Cl. The number of piperidine rings is 2. The summed E-state index contributed by atoms with van der Waals surface area (Å²) in [4.78, 5) is 39.9. The van der Waals surface area contributed by atoms with Gasteiger partial charge in [0.25, 0.3) is 15.9 Å². The van der Waals surface area contributed by atoms with Gasteiger partial charge in [-0.05, 0) is 121 Å². The van der Waals surface area contributed by atoms with Gasteiger partial charge in [0.2, 0.25) is 5.91 Å². The second-order valence-corrected chi connectivity index (χ2v) is 12.9. The van der Waals surface area contributed by atoms with Crippen molar-refractivity contribution in [2.75, 3.05) is 32.7 Å². The number of hydrazine groups is 1. The summed E-state index contributed by atoms with van der Waals surface area (Å²) in [5.74, 6) is -1.69. The van der Waals surface area contributed by atoms with Crippen LogP contribution in [0.5, 0.6) is 0 Å². The van der Waals surface area contributed by atoms with Crippen molar-refractivity contribution < 1.29 is 27.9 Å². The van der Waals surface area contributed by atoms with Crippen molar-refractivity contribution in [2.45, 2.75) is 69.2 Å². The number of halogens is 3. The van der Waals surface area contributed by atoms with Crippen LogP contribution in [0.15, 0.2) is 29.2 Å². The zero-order chi connectivity index (χ0) is 29.1. The van der Waals surface area contributed by atoms with Crippen LogP contribution in [0.1, 0.15) is 58.3 Å². The average Bonchev–Trinajstić information content (AvgIpc) is 2.95. The van der Waals surface area contributed by atoms with Gasteiger partial charge in [0.05, 0.1) is 11.4 Å². The number of carbonyl (C=O) groups excluding carboxylic acids is 2. The van der Waals surface area contributed by atoms with E-state index in [0.717, 1.165) is 64.7 Å². The molecule has 1 aromatic rings. The van der Waals surface area contributed by atoms with Crippen LogP contribution in [0.2, 0.25) is 5.02 Å². The van der Waals surface area contributed by atoms with Gasteiger partial charge in [0.15, 0.2) is 0 Å². The van der Waals surface area contributed by atoms with Gasteiger partial charge < -0.3 is 21.1 Å². The molecule has 42 heavy (non-hydrogen) atoms. The lowest BCUT2D eigenvalue weighted by Gasteiger charge is -2.28. The van der Waals surface area contributed by atoms with Gasteiger partial charge in [0, 0.05) is 10.9 Å². The number of sulfonamides is 1. The molecule has 240 valence electrons. The molecule has 1 unspecified atom stereocenters. The molecule has 0 aliphatic carbocycles. The van der Waals surface area contributed by atoms with Gasteiger partial charge in [-0.15, -0.1) is 29.6 Å². The van der Waals surface area contributed by atoms with Gasteiger partial charge in [-0.25, -0.2) is 18.2 Å². The van der Waals surface area contributed by atoms with Crippen molar-refractivity contribution >= 4 is 64.2 Å². The van der Waals surface area contributed by atoms with Crippen LogP contribution in [-0.4, -0.2) is 75.1 Å². The molecule has 2 saturated heterocycles. The molecule has 1 atom stereocenters. The maximum atomic E-state index is 13.3. The fraction of sp³-hybridized carbons (Fsp3) is 0.667. The molecule has 2 aliphatic rings. The van der Waals surface area contributed by atoms with Crippen molar-refractivity contribution in [3.63, 3.8) is 0 Å². The minimum Gasteiger partial charge on any atom is -0.480 e. The molecule has 2 amide bonds. The molecule has 0 aromatic heterocycles. The molecule has 2 aliphatic heterocycles. The Morgan fingerprint density at radius 1 is 0.952 bits per heavy atom. The number of benzene rings is 1. The Labute approximate surface area is 266 Å². The summed E-state index contributed by atoms with van der Waals surface area (Å²) in [6.45, 7) is 4.58. The molecule has 0 spiro atoms. The first-order chi connectivity index (χ1) is 19.1. The Bertz CT molecular complexity index is 1080. The summed E-state index contributed by atoms with van der Waals surface area (Å²) >= 11 is 5.84. The molecular weight excluding hydrogens is 629 g/mol. The van der Waals surface area contributed by atoms with Crippen LogP contribution in [0.25, 0.3) is 0 Å². The van der Waals surface area contributed by atoms with Gasteiger partial charge in [0.1, 0.15) is 6.04 Å². The third-order valence-corrected chi connectivity index (χ3v) is 9.49. The van der Waals surface area contributed by atoms with Crippen molar-refractivity contribution in [2.24, 2.45) is 17.8 Å². The molecule has 0 saturated carbocycles. The highest BCUT2D eigenvalue weighted by Gasteiger charge is 2.31. The molecule has 2 heterocycles. The Morgan fingerprint density at radius 3 is 1.88 bits per heavy atom. The van der Waals surface area contributed by atoms with Gasteiger partial charge in [-0.2, -0.15) is 0 Å². The topological polar surface area (TPSA) is 157 Å². The molecular formula is C27H44Cl3N5O6S. The molecule has 0 radical (unpaired) electrons. The number of amides is 2. The summed E-state index contributed by atoms with van der Waals surface area (Å²) in [5, 5.41) is 19.8. The number of hydrogen-bond acceptors (Lipinski definition) is 7. The lowest BCUT2D eigenvalue weighted by Crippen LogP contribution is -2.56. The summed E-state index contributed by atoms with van der Waals surface area (Å²) in [7, 11) is -4.29. The Balaban J connectivity index is 0.00000441. The van der Waals surface area contributed by atoms with E-state index in [0.29, 0.717) is 34.7 Å². The molecule has 2 fully saturated rings. The van der Waals surface area contributed by atoms with E-state index >= 15 is 0 Å². The smallest absolute Gasteiger partial charge is 0.327 e. The Hall–Kier alpha value is -1.67. The van der Waals surface area contributed by atoms with Crippen molar-refractivity contribution in [3.8, 4) is 0 Å². The highest BCUT2D eigenvalue weighted by Crippen LogP contribution is 2.27. The quantitative estimate of drug-likeness (QED) is 0.189. The number of rotatable bonds is 14.